The molecule has 0 spiro atoms. The van der Waals surface area contributed by atoms with E-state index in [4.69, 9.17) is 10.5 Å². The lowest BCUT2D eigenvalue weighted by Crippen LogP contribution is -2.35. The number of aryl methyl sites for hydroxylation is 1. The van der Waals surface area contributed by atoms with Gasteiger partial charge in [-0.3, -0.25) is 0 Å². The Morgan fingerprint density at radius 2 is 2.17 bits per heavy atom. The lowest BCUT2D eigenvalue weighted by Gasteiger charge is -2.28. The van der Waals surface area contributed by atoms with Crippen LogP contribution in [-0.2, 0) is 11.3 Å². The second kappa shape index (κ2) is 5.44. The van der Waals surface area contributed by atoms with Gasteiger partial charge in [0.2, 0.25) is 0 Å². The molecule has 5 nitrogen and oxygen atoms in total. The minimum Gasteiger partial charge on any atom is -0.458 e. The Morgan fingerprint density at radius 3 is 2.78 bits per heavy atom. The maximum Gasteiger partial charge on any atom is 0.355 e. The van der Waals surface area contributed by atoms with Crippen LogP contribution in [0.4, 0.5) is 5.69 Å². The smallest absolute Gasteiger partial charge is 0.355 e. The Balaban J connectivity index is 1.99. The van der Waals surface area contributed by atoms with Crippen molar-refractivity contribution in [2.45, 2.75) is 32.4 Å². The van der Waals surface area contributed by atoms with Crippen molar-refractivity contribution in [3.05, 3.63) is 18.0 Å². The highest BCUT2D eigenvalue weighted by molar-refractivity contribution is 5.89. The van der Waals surface area contributed by atoms with Gasteiger partial charge in [0, 0.05) is 25.8 Å². The van der Waals surface area contributed by atoms with E-state index in [1.807, 2.05) is 11.5 Å². The van der Waals surface area contributed by atoms with E-state index in [0.717, 1.165) is 32.5 Å². The average molecular weight is 251 g/mol. The molecule has 1 aromatic heterocycles. The molecule has 1 aliphatic heterocycles. The number of likely N-dealkylation sites (tertiary alicyclic amines) is 1. The molecule has 0 aromatic carbocycles. The van der Waals surface area contributed by atoms with Gasteiger partial charge in [-0.25, -0.2) is 4.79 Å². The van der Waals surface area contributed by atoms with Gasteiger partial charge >= 0.3 is 5.97 Å². The van der Waals surface area contributed by atoms with Crippen molar-refractivity contribution in [2.24, 2.45) is 0 Å². The molecule has 1 fully saturated rings. The number of carbonyl (C=O) groups excluding carboxylic acids is 1. The number of piperidine rings is 1. The third-order valence-electron chi connectivity index (χ3n) is 3.41. The van der Waals surface area contributed by atoms with Gasteiger partial charge in [0.05, 0.1) is 5.69 Å². The minimum absolute atomic E-state index is 0.0372. The normalized spacial score (nSPS) is 17.9. The Labute approximate surface area is 108 Å². The van der Waals surface area contributed by atoms with Crippen LogP contribution in [0.5, 0.6) is 0 Å². The van der Waals surface area contributed by atoms with Gasteiger partial charge in [-0.05, 0) is 32.9 Å². The van der Waals surface area contributed by atoms with Crippen molar-refractivity contribution in [2.75, 3.05) is 25.9 Å². The molecule has 2 rings (SSSR count). The lowest BCUT2D eigenvalue weighted by molar-refractivity contribution is 0.0128. The number of nitrogens with two attached hydrogens (primary N) is 1. The first-order chi connectivity index (χ1) is 8.60. The van der Waals surface area contributed by atoms with Crippen LogP contribution in [0.15, 0.2) is 12.3 Å². The largest absolute Gasteiger partial charge is 0.458 e. The molecule has 0 unspecified atom stereocenters. The Hall–Kier alpha value is -1.49. The van der Waals surface area contributed by atoms with Crippen molar-refractivity contribution in [1.82, 2.24) is 9.47 Å². The van der Waals surface area contributed by atoms with Gasteiger partial charge in [-0.2, -0.15) is 0 Å². The number of ether oxygens (including phenoxy) is 1. The van der Waals surface area contributed by atoms with E-state index in [1.165, 1.54) is 0 Å². The molecule has 18 heavy (non-hydrogen) atoms. The minimum atomic E-state index is -0.261. The molecule has 1 aliphatic rings. The highest BCUT2D eigenvalue weighted by atomic mass is 16.5. The third-order valence-corrected chi connectivity index (χ3v) is 3.41. The molecular weight excluding hydrogens is 230 g/mol. The second-order valence-corrected chi connectivity index (χ2v) is 4.85. The summed E-state index contributed by atoms with van der Waals surface area (Å²) in [4.78, 5) is 14.3. The topological polar surface area (TPSA) is 60.5 Å². The molecule has 0 amide bonds. The lowest BCUT2D eigenvalue weighted by atomic mass is 10.1. The SMILES string of the molecule is CCn1cc(N)cc1C(=O)OC1CCN(C)CC1. The highest BCUT2D eigenvalue weighted by Crippen LogP contribution is 2.17. The van der Waals surface area contributed by atoms with Gasteiger partial charge in [-0.1, -0.05) is 0 Å². The van der Waals surface area contributed by atoms with Gasteiger partial charge in [-0.15, -0.1) is 0 Å². The van der Waals surface area contributed by atoms with Gasteiger partial charge < -0.3 is 19.9 Å². The summed E-state index contributed by atoms with van der Waals surface area (Å²) in [5, 5.41) is 0. The number of hydrogen-bond acceptors (Lipinski definition) is 4. The van der Waals surface area contributed by atoms with E-state index < -0.39 is 0 Å². The molecule has 100 valence electrons. The number of anilines is 1. The number of nitrogens with zero attached hydrogens (tertiary/aromatic N) is 2. The van der Waals surface area contributed by atoms with Crippen molar-refractivity contribution in [3.63, 3.8) is 0 Å². The standard InChI is InChI=1S/C13H21N3O2/c1-3-16-9-10(14)8-12(16)13(17)18-11-4-6-15(2)7-5-11/h8-9,11H,3-7,14H2,1-2H3. The Bertz CT molecular complexity index is 420. The first-order valence-electron chi connectivity index (χ1n) is 6.45. The predicted molar refractivity (Wildman–Crippen MR) is 70.5 cm³/mol. The van der Waals surface area contributed by atoms with Crippen LogP contribution in [0.1, 0.15) is 30.3 Å². The Kier molecular flexibility index (Phi) is 3.91. The maximum atomic E-state index is 12.1. The summed E-state index contributed by atoms with van der Waals surface area (Å²) in [6, 6.07) is 1.68. The zero-order valence-corrected chi connectivity index (χ0v) is 11.1. The number of esters is 1. The fourth-order valence-electron chi connectivity index (χ4n) is 2.28. The van der Waals surface area contributed by atoms with Crippen LogP contribution in [0.2, 0.25) is 0 Å². The predicted octanol–water partition coefficient (Wildman–Crippen LogP) is 1.34. The van der Waals surface area contributed by atoms with Gasteiger partial charge in [0.1, 0.15) is 11.8 Å². The zero-order chi connectivity index (χ0) is 13.1. The van der Waals surface area contributed by atoms with Crippen LogP contribution in [0.3, 0.4) is 0 Å². The van der Waals surface area contributed by atoms with Crippen LogP contribution >= 0.6 is 0 Å². The molecule has 0 aliphatic carbocycles. The van der Waals surface area contributed by atoms with E-state index in [9.17, 15) is 4.79 Å². The molecule has 5 heteroatoms. The van der Waals surface area contributed by atoms with E-state index in [1.54, 1.807) is 12.3 Å². The summed E-state index contributed by atoms with van der Waals surface area (Å²) in [6.45, 7) is 4.66. The zero-order valence-electron chi connectivity index (χ0n) is 11.1. The van der Waals surface area contributed by atoms with Crippen LogP contribution < -0.4 is 5.73 Å². The number of aromatic nitrogens is 1. The maximum absolute atomic E-state index is 12.1. The van der Waals surface area contributed by atoms with Crippen molar-refractivity contribution < 1.29 is 9.53 Å². The Morgan fingerprint density at radius 1 is 1.50 bits per heavy atom. The fourth-order valence-corrected chi connectivity index (χ4v) is 2.28. The van der Waals surface area contributed by atoms with Gasteiger partial charge in [0.15, 0.2) is 0 Å². The summed E-state index contributed by atoms with van der Waals surface area (Å²) < 4.78 is 7.37. The first kappa shape index (κ1) is 13.0. The molecule has 0 saturated carbocycles. The monoisotopic (exact) mass is 251 g/mol. The molecule has 0 bridgehead atoms. The average Bonchev–Trinajstić information content (AvgIpc) is 2.73. The molecule has 0 radical (unpaired) electrons. The van der Waals surface area contributed by atoms with Crippen LogP contribution in [0, 0.1) is 0 Å². The third kappa shape index (κ3) is 2.85. The number of nitrogen functional groups attached to an aromatic ring is 1. The summed E-state index contributed by atoms with van der Waals surface area (Å²) in [6.07, 6.45) is 3.62. The van der Waals surface area contributed by atoms with E-state index in [0.29, 0.717) is 11.4 Å². The summed E-state index contributed by atoms with van der Waals surface area (Å²) in [5.41, 5.74) is 6.86. The fraction of sp³-hybridized carbons (Fsp3) is 0.615. The molecule has 2 heterocycles. The van der Waals surface area contributed by atoms with E-state index >= 15 is 0 Å². The van der Waals surface area contributed by atoms with Gasteiger partial charge in [0.25, 0.3) is 0 Å². The number of hydrogen-bond donors (Lipinski definition) is 1. The highest BCUT2D eigenvalue weighted by Gasteiger charge is 2.22. The number of carbonyl (C=O) groups is 1. The second-order valence-electron chi connectivity index (χ2n) is 4.85. The van der Waals surface area contributed by atoms with Crippen LogP contribution in [0.25, 0.3) is 0 Å². The molecule has 1 aromatic rings. The molecule has 0 atom stereocenters. The van der Waals surface area contributed by atoms with Crippen molar-refractivity contribution >= 4 is 11.7 Å². The number of rotatable bonds is 3. The van der Waals surface area contributed by atoms with Crippen LogP contribution in [-0.4, -0.2) is 41.7 Å². The molecular formula is C13H21N3O2. The molecule has 2 N–H and O–H groups in total. The molecule has 1 saturated heterocycles. The van der Waals surface area contributed by atoms with E-state index in [2.05, 4.69) is 11.9 Å². The summed E-state index contributed by atoms with van der Waals surface area (Å²) in [7, 11) is 2.08. The van der Waals surface area contributed by atoms with Crippen molar-refractivity contribution in [1.29, 1.82) is 0 Å². The quantitative estimate of drug-likeness (QED) is 0.824. The summed E-state index contributed by atoms with van der Waals surface area (Å²) in [5.74, 6) is -0.261. The summed E-state index contributed by atoms with van der Waals surface area (Å²) >= 11 is 0. The van der Waals surface area contributed by atoms with Crippen molar-refractivity contribution in [3.8, 4) is 0 Å². The first-order valence-corrected chi connectivity index (χ1v) is 6.45. The van der Waals surface area contributed by atoms with E-state index in [-0.39, 0.29) is 12.1 Å².